The first-order valence-corrected chi connectivity index (χ1v) is 14.1. The van der Waals surface area contributed by atoms with Crippen LogP contribution in [0.2, 0.25) is 0 Å². The number of nitrogens with two attached hydrogens (primary N) is 2. The summed E-state index contributed by atoms with van der Waals surface area (Å²) in [5.74, 6) is -3.84. The number of carbonyl (C=O) groups excluding carboxylic acids is 1. The number of unbranched alkanes of at least 4 members (excludes halogenated alkanes) is 11. The molecule has 0 aliphatic heterocycles. The van der Waals surface area contributed by atoms with E-state index in [4.69, 9.17) is 26.2 Å². The topological polar surface area (TPSA) is 218 Å². The summed E-state index contributed by atoms with van der Waals surface area (Å²) in [5.41, 5.74) is 8.82. The maximum atomic E-state index is 11.6. The van der Waals surface area contributed by atoms with Crippen molar-refractivity contribution in [3.63, 3.8) is 0 Å². The van der Waals surface area contributed by atoms with Gasteiger partial charge in [0.2, 0.25) is 0 Å². The van der Waals surface area contributed by atoms with Crippen molar-refractivity contribution in [1.82, 2.24) is 0 Å². The number of carboxylic acids is 2. The van der Waals surface area contributed by atoms with Crippen LogP contribution in [0.15, 0.2) is 12.2 Å². The van der Waals surface area contributed by atoms with Crippen LogP contribution in [0.5, 0.6) is 0 Å². The Hall–Kier alpha value is 1.14. The van der Waals surface area contributed by atoms with Crippen molar-refractivity contribution in [2.45, 2.75) is 114 Å². The van der Waals surface area contributed by atoms with Crippen molar-refractivity contribution >= 4 is 117 Å². The summed E-state index contributed by atoms with van der Waals surface area (Å²) in [5, 5.41) is 23.4. The van der Waals surface area contributed by atoms with E-state index < -0.39 is 39.5 Å². The average Bonchev–Trinajstić information content (AvgIpc) is 2.79. The van der Waals surface area contributed by atoms with Crippen molar-refractivity contribution in [1.29, 1.82) is 0 Å². The van der Waals surface area contributed by atoms with Crippen molar-refractivity contribution in [3.05, 3.63) is 12.2 Å². The van der Waals surface area contributed by atoms with Crippen molar-refractivity contribution < 1.29 is 42.7 Å². The number of aliphatic hydroxyl groups is 1. The van der Waals surface area contributed by atoms with Gasteiger partial charge in [0.1, 0.15) is 0 Å². The molecule has 2 unspecified atom stereocenters. The molecule has 15 heteroatoms. The molecule has 11 nitrogen and oxygen atoms in total. The second-order valence-corrected chi connectivity index (χ2v) is 10.4. The quantitative estimate of drug-likeness (QED) is 0.0355. The number of carbonyl (C=O) groups is 3. The molecule has 8 N–H and O–H groups in total. The van der Waals surface area contributed by atoms with Gasteiger partial charge in [0.05, 0.1) is 6.42 Å². The fourth-order valence-electron chi connectivity index (χ4n) is 3.17. The van der Waals surface area contributed by atoms with Crippen LogP contribution >= 0.6 is 0 Å². The number of hydrogen-bond donors (Lipinski definition) is 6. The molecule has 0 heterocycles. The van der Waals surface area contributed by atoms with Gasteiger partial charge in [-0.05, 0) is 32.1 Å². The fourth-order valence-corrected chi connectivity index (χ4v) is 3.77. The monoisotopic (exact) mass is 610 g/mol. The van der Waals surface area contributed by atoms with Crippen molar-refractivity contribution in [2.24, 2.45) is 11.5 Å². The molecule has 0 aliphatic carbocycles. The van der Waals surface area contributed by atoms with Gasteiger partial charge in [-0.2, -0.15) is 8.42 Å². The van der Waals surface area contributed by atoms with E-state index in [1.807, 2.05) is 0 Å². The Kier molecular flexibility index (Phi) is 39.1. The van der Waals surface area contributed by atoms with Gasteiger partial charge in [-0.3, -0.25) is 24.7 Å². The Morgan fingerprint density at radius 1 is 0.821 bits per heavy atom. The number of aliphatic carboxylic acids is 2. The van der Waals surface area contributed by atoms with Gasteiger partial charge in [0.25, 0.3) is 10.1 Å². The van der Waals surface area contributed by atoms with Gasteiger partial charge >= 0.3 is 101 Å². The summed E-state index contributed by atoms with van der Waals surface area (Å²) >= 11 is 0. The van der Waals surface area contributed by atoms with Gasteiger partial charge in [-0.1, -0.05) is 70.4 Å². The molecule has 218 valence electrons. The zero-order chi connectivity index (χ0) is 28.0. The van der Waals surface area contributed by atoms with Gasteiger partial charge in [0, 0.05) is 13.0 Å². The zero-order valence-corrected chi connectivity index (χ0v) is 22.3. The van der Waals surface area contributed by atoms with Crippen LogP contribution in [-0.4, -0.2) is 152 Å². The first-order chi connectivity index (χ1) is 16.8. The summed E-state index contributed by atoms with van der Waals surface area (Å²) < 4.78 is 28.7. The SMILES string of the molecule is CCCCCCCC/C=C\CCCCCCCC(=O)C(N)(O)CN.O=C(O)CC(C(=O)O)S(=O)(=O)O.[NaH].[NaH].[NaH]. The van der Waals surface area contributed by atoms with Crippen LogP contribution in [0.1, 0.15) is 103 Å². The van der Waals surface area contributed by atoms with Gasteiger partial charge < -0.3 is 21.1 Å². The third-order valence-electron chi connectivity index (χ3n) is 5.45. The minimum absolute atomic E-state index is 0. The van der Waals surface area contributed by atoms with Crippen LogP contribution in [0.4, 0.5) is 0 Å². The van der Waals surface area contributed by atoms with Gasteiger partial charge in [0.15, 0.2) is 16.8 Å². The Bertz CT molecular complexity index is 768. The van der Waals surface area contributed by atoms with E-state index in [-0.39, 0.29) is 101 Å². The van der Waals surface area contributed by atoms with Crippen molar-refractivity contribution in [3.8, 4) is 0 Å². The standard InChI is InChI=1S/C20H40N2O2.C4H6O7S.3Na.3H/c1-2-3-4-5-6-7-8-9-10-11-12-13-14-15-16-17-19(23)20(22,24)18-21;5-3(6)1-2(4(7)8)12(9,10)11;;;;;;/h9-10,24H,2-8,11-18,21-22H2,1H3;2H,1H2,(H,5,6)(H,7,8)(H,9,10,11);;;;;;/b10-9-;;;;;;;. The summed E-state index contributed by atoms with van der Waals surface area (Å²) in [6.45, 7) is 2.04. The number of allylic oxidation sites excluding steroid dienone is 2. The Morgan fingerprint density at radius 2 is 1.23 bits per heavy atom. The molecule has 0 radical (unpaired) electrons. The number of Topliss-reactive ketones (excluding diaryl/α,β-unsaturated/α-hetero) is 1. The van der Waals surface area contributed by atoms with E-state index in [2.05, 4.69) is 19.1 Å². The molecule has 0 rings (SSSR count). The zero-order valence-electron chi connectivity index (χ0n) is 21.4. The molecule has 0 aliphatic rings. The molecule has 0 saturated heterocycles. The van der Waals surface area contributed by atoms with Gasteiger partial charge in [-0.15, -0.1) is 0 Å². The van der Waals surface area contributed by atoms with Gasteiger partial charge in [-0.25, -0.2) is 0 Å². The van der Waals surface area contributed by atoms with Crippen molar-refractivity contribution in [2.75, 3.05) is 6.54 Å². The number of carboxylic acid groups (broad SMARTS) is 2. The Balaban J connectivity index is -0.000000220. The minimum atomic E-state index is -4.84. The third kappa shape index (κ3) is 31.9. The molecule has 0 aromatic heterocycles. The molecular weight excluding hydrogens is 561 g/mol. The fraction of sp³-hybridized carbons (Fsp3) is 0.792. The Labute approximate surface area is 300 Å². The van der Waals surface area contributed by atoms with E-state index >= 15 is 0 Å². The first kappa shape index (κ1) is 49.8. The van der Waals surface area contributed by atoms with E-state index in [1.165, 1.54) is 57.8 Å². The summed E-state index contributed by atoms with van der Waals surface area (Å²) in [7, 11) is -4.84. The summed E-state index contributed by atoms with van der Waals surface area (Å²) in [6.07, 6.45) is 19.7. The molecular formula is C24H49N2Na3O9S. The normalized spacial score (nSPS) is 12.9. The number of hydrogen-bond acceptors (Lipinski definition) is 8. The Morgan fingerprint density at radius 3 is 1.56 bits per heavy atom. The second kappa shape index (κ2) is 30.6. The predicted molar refractivity (Wildman–Crippen MR) is 159 cm³/mol. The predicted octanol–water partition coefficient (Wildman–Crippen LogP) is 1.06. The molecule has 0 amide bonds. The molecule has 0 fully saturated rings. The molecule has 0 spiro atoms. The average molecular weight is 611 g/mol. The summed E-state index contributed by atoms with van der Waals surface area (Å²) in [4.78, 5) is 31.6. The van der Waals surface area contributed by atoms with Crippen LogP contribution in [-0.2, 0) is 24.5 Å². The molecule has 0 saturated carbocycles. The molecule has 0 bridgehead atoms. The second-order valence-electron chi connectivity index (χ2n) is 8.83. The van der Waals surface area contributed by atoms with E-state index in [9.17, 15) is 27.9 Å². The first-order valence-electron chi connectivity index (χ1n) is 12.6. The number of ketones is 1. The summed E-state index contributed by atoms with van der Waals surface area (Å²) in [6, 6.07) is 0. The molecule has 39 heavy (non-hydrogen) atoms. The van der Waals surface area contributed by atoms with Crippen LogP contribution in [0, 0.1) is 0 Å². The maximum absolute atomic E-state index is 11.6. The molecule has 0 aromatic carbocycles. The van der Waals surface area contributed by atoms with Crippen LogP contribution in [0.25, 0.3) is 0 Å². The van der Waals surface area contributed by atoms with E-state index in [0.29, 0.717) is 6.42 Å². The molecule has 2 atom stereocenters. The van der Waals surface area contributed by atoms with Crippen LogP contribution < -0.4 is 11.5 Å². The number of rotatable bonds is 21. The van der Waals surface area contributed by atoms with E-state index in [0.717, 1.165) is 25.7 Å². The van der Waals surface area contributed by atoms with Crippen LogP contribution in [0.3, 0.4) is 0 Å². The van der Waals surface area contributed by atoms with E-state index in [1.54, 1.807) is 0 Å². The third-order valence-corrected chi connectivity index (χ3v) is 6.54. The molecule has 0 aromatic rings.